The molecular weight excluding hydrogens is 446 g/mol. The van der Waals surface area contributed by atoms with Crippen LogP contribution in [0.2, 0.25) is 0 Å². The van der Waals surface area contributed by atoms with Crippen LogP contribution in [-0.2, 0) is 0 Å². The molecule has 0 radical (unpaired) electrons. The maximum atomic E-state index is 13.9. The number of aromatic nitrogens is 1. The molecule has 8 rings (SSSR count). The summed E-state index contributed by atoms with van der Waals surface area (Å²) in [5.74, 6) is 1.24. The second-order valence-corrected chi connectivity index (χ2v) is 9.23. The number of hydrogen-bond acceptors (Lipinski definition) is 3. The molecule has 0 aliphatic carbocycles. The largest absolute Gasteiger partial charge is 0.453 e. The Hall–Kier alpha value is -4.96. The minimum absolute atomic E-state index is 0.0994. The van der Waals surface area contributed by atoms with Gasteiger partial charge in [-0.2, -0.15) is 0 Å². The highest BCUT2D eigenvalue weighted by molar-refractivity contribution is 6.12. The molecule has 0 bridgehead atoms. The third-order valence-electron chi connectivity index (χ3n) is 7.30. The van der Waals surface area contributed by atoms with Gasteiger partial charge in [0.05, 0.1) is 16.3 Å². The van der Waals surface area contributed by atoms with Crippen molar-refractivity contribution < 1.29 is 4.74 Å². The van der Waals surface area contributed by atoms with Crippen molar-refractivity contribution in [3.05, 3.63) is 124 Å². The van der Waals surface area contributed by atoms with Crippen molar-refractivity contribution in [2.45, 2.75) is 0 Å². The summed E-state index contributed by atoms with van der Waals surface area (Å²) in [7, 11) is 0. The van der Waals surface area contributed by atoms with Crippen molar-refractivity contribution in [1.29, 1.82) is 0 Å². The van der Waals surface area contributed by atoms with Crippen LogP contribution in [0.15, 0.2) is 113 Å². The Labute approximate surface area is 204 Å². The highest BCUT2D eigenvalue weighted by Crippen LogP contribution is 2.42. The van der Waals surface area contributed by atoms with Gasteiger partial charge in [0.25, 0.3) is 0 Å². The van der Waals surface area contributed by atoms with Crippen LogP contribution in [0, 0.1) is 0 Å². The molecule has 0 atom stereocenters. The van der Waals surface area contributed by atoms with E-state index in [0.717, 1.165) is 22.3 Å². The lowest BCUT2D eigenvalue weighted by molar-refractivity contribution is 0.486. The number of pyridine rings is 2. The van der Waals surface area contributed by atoms with Crippen LogP contribution in [0.4, 0.5) is 0 Å². The van der Waals surface area contributed by atoms with E-state index in [1.807, 2.05) is 84.9 Å². The molecule has 2 aromatic heterocycles. The van der Waals surface area contributed by atoms with E-state index in [0.29, 0.717) is 49.6 Å². The predicted molar refractivity (Wildman–Crippen MR) is 145 cm³/mol. The molecule has 1 aliphatic rings. The third kappa shape index (κ3) is 2.38. The SMILES string of the molecule is O=c1c2cccc3c2n2c4c(cccc4c(=O)c4cc(-c5ccccc5-c5ccccc5)cc1c42)O3. The third-order valence-corrected chi connectivity index (χ3v) is 7.30. The van der Waals surface area contributed by atoms with E-state index < -0.39 is 0 Å². The zero-order chi connectivity index (χ0) is 24.0. The van der Waals surface area contributed by atoms with Gasteiger partial charge in [0, 0.05) is 10.8 Å². The standard InChI is InChI=1S/C32H17NO3/c34-31-22-12-6-14-26-29(22)33-28-24(31)16-19(21-11-5-4-10-20(21)18-8-2-1-3-9-18)17-25(28)32(35)23-13-7-15-27(36-26)30(23)33/h1-17H. The molecule has 0 N–H and O–H groups in total. The average molecular weight is 463 g/mol. The molecule has 0 spiro atoms. The van der Waals surface area contributed by atoms with Crippen LogP contribution in [0.1, 0.15) is 0 Å². The first-order valence-electron chi connectivity index (χ1n) is 11.9. The fourth-order valence-corrected chi connectivity index (χ4v) is 5.76. The molecule has 4 nitrogen and oxygen atoms in total. The quantitative estimate of drug-likeness (QED) is 0.205. The Bertz CT molecular complexity index is 2050. The molecule has 5 aromatic carbocycles. The van der Waals surface area contributed by atoms with Gasteiger partial charge in [-0.05, 0) is 58.7 Å². The lowest BCUT2D eigenvalue weighted by Crippen LogP contribution is -2.17. The summed E-state index contributed by atoms with van der Waals surface area (Å²) in [5.41, 5.74) is 5.82. The number of ether oxygens (including phenoxy) is 1. The Kier molecular flexibility index (Phi) is 3.66. The summed E-state index contributed by atoms with van der Waals surface area (Å²) < 4.78 is 8.21. The summed E-state index contributed by atoms with van der Waals surface area (Å²) in [6.45, 7) is 0. The van der Waals surface area contributed by atoms with Crippen LogP contribution < -0.4 is 15.6 Å². The first-order valence-corrected chi connectivity index (χ1v) is 11.9. The van der Waals surface area contributed by atoms with E-state index in [4.69, 9.17) is 4.74 Å². The average Bonchev–Trinajstić information content (AvgIpc) is 2.94. The maximum Gasteiger partial charge on any atom is 0.197 e. The Balaban J connectivity index is 1.61. The van der Waals surface area contributed by atoms with Gasteiger partial charge in [-0.1, -0.05) is 66.7 Å². The maximum absolute atomic E-state index is 13.9. The summed E-state index contributed by atoms with van der Waals surface area (Å²) in [6, 6.07) is 33.2. The van der Waals surface area contributed by atoms with E-state index in [-0.39, 0.29) is 10.9 Å². The monoisotopic (exact) mass is 463 g/mol. The first-order chi connectivity index (χ1) is 17.7. The van der Waals surface area contributed by atoms with Gasteiger partial charge < -0.3 is 9.14 Å². The molecule has 1 aliphatic heterocycles. The van der Waals surface area contributed by atoms with Crippen molar-refractivity contribution >= 4 is 38.1 Å². The van der Waals surface area contributed by atoms with Gasteiger partial charge in [0.1, 0.15) is 11.0 Å². The summed E-state index contributed by atoms with van der Waals surface area (Å²) in [5, 5.41) is 2.22. The van der Waals surface area contributed by atoms with Crippen LogP contribution in [0.25, 0.3) is 60.3 Å². The Morgan fingerprint density at radius 2 is 1.00 bits per heavy atom. The first kappa shape index (κ1) is 19.4. The van der Waals surface area contributed by atoms with Crippen LogP contribution in [0.5, 0.6) is 11.5 Å². The van der Waals surface area contributed by atoms with E-state index in [1.165, 1.54) is 0 Å². The smallest absolute Gasteiger partial charge is 0.197 e. The Morgan fingerprint density at radius 1 is 0.472 bits per heavy atom. The van der Waals surface area contributed by atoms with Crippen LogP contribution in [0.3, 0.4) is 0 Å². The minimum Gasteiger partial charge on any atom is -0.453 e. The van der Waals surface area contributed by atoms with E-state index in [2.05, 4.69) is 22.6 Å². The molecular formula is C32H17NO3. The molecule has 4 heteroatoms. The summed E-state index contributed by atoms with van der Waals surface area (Å²) in [4.78, 5) is 27.8. The van der Waals surface area contributed by atoms with Gasteiger partial charge in [0.2, 0.25) is 0 Å². The lowest BCUT2D eigenvalue weighted by atomic mass is 9.91. The van der Waals surface area contributed by atoms with Gasteiger partial charge in [-0.3, -0.25) is 9.59 Å². The van der Waals surface area contributed by atoms with Crippen molar-refractivity contribution in [2.75, 3.05) is 0 Å². The summed E-state index contributed by atoms with van der Waals surface area (Å²) in [6.07, 6.45) is 0. The van der Waals surface area contributed by atoms with Gasteiger partial charge in [-0.15, -0.1) is 0 Å². The number of nitrogens with zero attached hydrogens (tertiary/aromatic N) is 1. The summed E-state index contributed by atoms with van der Waals surface area (Å²) >= 11 is 0. The molecule has 3 heterocycles. The second kappa shape index (κ2) is 6.80. The van der Waals surface area contributed by atoms with Crippen LogP contribution in [-0.4, -0.2) is 4.40 Å². The van der Waals surface area contributed by atoms with Crippen molar-refractivity contribution in [2.24, 2.45) is 0 Å². The van der Waals surface area contributed by atoms with Crippen molar-refractivity contribution in [3.63, 3.8) is 0 Å². The fraction of sp³-hybridized carbons (Fsp3) is 0. The number of para-hydroxylation sites is 2. The molecule has 0 fully saturated rings. The van der Waals surface area contributed by atoms with Crippen molar-refractivity contribution in [3.8, 4) is 33.8 Å². The second-order valence-electron chi connectivity index (χ2n) is 9.23. The molecule has 7 aromatic rings. The number of rotatable bonds is 2. The van der Waals surface area contributed by atoms with Gasteiger partial charge in [0.15, 0.2) is 22.4 Å². The number of benzene rings is 5. The van der Waals surface area contributed by atoms with Crippen molar-refractivity contribution in [1.82, 2.24) is 4.40 Å². The van der Waals surface area contributed by atoms with Gasteiger partial charge in [-0.25, -0.2) is 0 Å². The van der Waals surface area contributed by atoms with Gasteiger partial charge >= 0.3 is 0 Å². The lowest BCUT2D eigenvalue weighted by Gasteiger charge is -2.23. The van der Waals surface area contributed by atoms with E-state index in [9.17, 15) is 9.59 Å². The molecule has 0 saturated carbocycles. The van der Waals surface area contributed by atoms with E-state index >= 15 is 0 Å². The van der Waals surface area contributed by atoms with E-state index in [1.54, 1.807) is 0 Å². The van der Waals surface area contributed by atoms with Crippen LogP contribution >= 0.6 is 0 Å². The highest BCUT2D eigenvalue weighted by atomic mass is 16.5. The number of hydrogen-bond donors (Lipinski definition) is 0. The predicted octanol–water partition coefficient (Wildman–Crippen LogP) is 7.00. The molecule has 0 unspecified atom stereocenters. The topological polar surface area (TPSA) is 47.8 Å². The zero-order valence-electron chi connectivity index (χ0n) is 19.0. The molecule has 36 heavy (non-hydrogen) atoms. The molecule has 0 amide bonds. The molecule has 168 valence electrons. The normalized spacial score (nSPS) is 12.3. The molecule has 0 saturated heterocycles. The fourth-order valence-electron chi connectivity index (χ4n) is 5.76. The minimum atomic E-state index is -0.0994. The Morgan fingerprint density at radius 3 is 1.58 bits per heavy atom. The zero-order valence-corrected chi connectivity index (χ0v) is 19.0. The highest BCUT2D eigenvalue weighted by Gasteiger charge is 2.25.